The standard InChI is InChI=1S/C31H27N3O6.C2H7N.C2H6/c1-3-24(37)32-12-13-39-30(38)21-14-25-33-22-10-6-4-8-17(22)26-19(15-35)20(16-36)27-18-9-5-7-11-23(18)34(29(27)28(26)33)31(21,2)40-25;1-3-2;1-2/h3-4,6-8,10-11,15-16,21,25H,1,5,9,12-14H2,2H3,(H,32,37);3H,1-2H3;1-2H3. The lowest BCUT2D eigenvalue weighted by Crippen LogP contribution is -2.41. The molecule has 45 heavy (non-hydrogen) atoms. The number of aldehydes is 2. The monoisotopic (exact) mass is 612 g/mol. The van der Waals surface area contributed by atoms with Crippen LogP contribution in [0.1, 0.15) is 71.8 Å². The highest BCUT2D eigenvalue weighted by Crippen LogP contribution is 2.56. The van der Waals surface area contributed by atoms with Gasteiger partial charge in [0.15, 0.2) is 18.3 Å². The van der Waals surface area contributed by atoms with Crippen molar-refractivity contribution in [3.63, 3.8) is 0 Å². The number of benzene rings is 2. The number of allylic oxidation sites excluding steroid dienone is 1. The zero-order chi connectivity index (χ0) is 32.5. The van der Waals surface area contributed by atoms with Gasteiger partial charge in [-0.05, 0) is 57.6 Å². The molecule has 3 atom stereocenters. The molecule has 7 rings (SSSR count). The molecule has 1 amide bonds. The molecule has 3 unspecified atom stereocenters. The maximum atomic E-state index is 13.6. The van der Waals surface area contributed by atoms with Crippen LogP contribution in [0, 0.1) is 5.92 Å². The number of hydrogen-bond acceptors (Lipinski definition) is 7. The van der Waals surface area contributed by atoms with E-state index in [1.807, 2.05) is 65.2 Å². The molecule has 1 aliphatic carbocycles. The Bertz CT molecular complexity index is 1860. The molecule has 2 aliphatic heterocycles. The second kappa shape index (κ2) is 12.8. The van der Waals surface area contributed by atoms with E-state index in [4.69, 9.17) is 9.47 Å². The normalized spacial score (nSPS) is 20.5. The van der Waals surface area contributed by atoms with Crippen molar-refractivity contribution in [3.8, 4) is 0 Å². The smallest absolute Gasteiger partial charge is 0.314 e. The fourth-order valence-electron chi connectivity index (χ4n) is 7.05. The Hall–Kier alpha value is -4.54. The predicted octanol–water partition coefficient (Wildman–Crippen LogP) is 5.26. The summed E-state index contributed by atoms with van der Waals surface area (Å²) in [5.74, 6) is -1.43. The third-order valence-corrected chi connectivity index (χ3v) is 8.65. The first kappa shape index (κ1) is 31.9. The number of hydrogen-bond donors (Lipinski definition) is 2. The van der Waals surface area contributed by atoms with E-state index in [9.17, 15) is 19.2 Å². The van der Waals surface area contributed by atoms with Crippen molar-refractivity contribution in [1.82, 2.24) is 19.8 Å². The number of nitrogens with zero attached hydrogens (tertiary/aromatic N) is 2. The first-order valence-electron chi connectivity index (χ1n) is 15.4. The highest BCUT2D eigenvalue weighted by atomic mass is 16.6. The summed E-state index contributed by atoms with van der Waals surface area (Å²) in [7, 11) is 3.75. The van der Waals surface area contributed by atoms with Crippen LogP contribution >= 0.6 is 0 Å². The molecule has 2 bridgehead atoms. The summed E-state index contributed by atoms with van der Waals surface area (Å²) in [5.41, 5.74) is 3.93. The number of rotatable bonds is 7. The van der Waals surface area contributed by atoms with E-state index >= 15 is 0 Å². The van der Waals surface area contributed by atoms with Crippen molar-refractivity contribution in [2.45, 2.75) is 52.0 Å². The van der Waals surface area contributed by atoms with Crippen molar-refractivity contribution < 1.29 is 28.7 Å². The van der Waals surface area contributed by atoms with E-state index in [1.165, 1.54) is 0 Å². The fourth-order valence-corrected chi connectivity index (χ4v) is 7.05. The second-order valence-electron chi connectivity index (χ2n) is 11.1. The number of aryl methyl sites for hydroxylation is 1. The molecule has 2 N–H and O–H groups in total. The van der Waals surface area contributed by atoms with Gasteiger partial charge in [0, 0.05) is 39.4 Å². The third kappa shape index (κ3) is 4.80. The molecule has 4 aromatic rings. The topological polar surface area (TPSA) is 121 Å². The maximum absolute atomic E-state index is 13.6. The summed E-state index contributed by atoms with van der Waals surface area (Å²) >= 11 is 0. The molecular weight excluding hydrogens is 572 g/mol. The van der Waals surface area contributed by atoms with Gasteiger partial charge < -0.3 is 29.2 Å². The molecule has 4 heterocycles. The number of nitrogens with one attached hydrogen (secondary N) is 2. The quantitative estimate of drug-likeness (QED) is 0.126. The zero-order valence-corrected chi connectivity index (χ0v) is 26.4. The average Bonchev–Trinajstić information content (AvgIpc) is 3.69. The molecular formula is C35H40N4O6. The minimum Gasteiger partial charge on any atom is -0.463 e. The summed E-state index contributed by atoms with van der Waals surface area (Å²) in [6.45, 7) is 9.50. The SMILES string of the molecule is C=CC(=O)NCCOC(=O)C1CC2OC1(C)n1c3c(c4c(C=O)c(C=O)c5c6ccccc6n2c5c41)CCC=C3.CC.CNC. The summed E-state index contributed by atoms with van der Waals surface area (Å²) in [6, 6.07) is 7.77. The predicted molar refractivity (Wildman–Crippen MR) is 175 cm³/mol. The van der Waals surface area contributed by atoms with E-state index in [1.54, 1.807) is 0 Å². The van der Waals surface area contributed by atoms with E-state index < -0.39 is 23.8 Å². The van der Waals surface area contributed by atoms with Crippen LogP contribution in [0.15, 0.2) is 43.0 Å². The number of carbonyl (C=O) groups is 4. The van der Waals surface area contributed by atoms with Crippen LogP contribution in [0.5, 0.6) is 0 Å². The van der Waals surface area contributed by atoms with Crippen LogP contribution in [-0.4, -0.2) is 60.8 Å². The lowest BCUT2D eigenvalue weighted by atomic mass is 9.93. The zero-order valence-electron chi connectivity index (χ0n) is 26.4. The molecule has 1 fully saturated rings. The van der Waals surface area contributed by atoms with Crippen molar-refractivity contribution in [3.05, 3.63) is 65.4 Å². The number of aromatic nitrogens is 2. The Morgan fingerprint density at radius 3 is 2.49 bits per heavy atom. The van der Waals surface area contributed by atoms with Gasteiger partial charge in [0.2, 0.25) is 5.91 Å². The second-order valence-corrected chi connectivity index (χ2v) is 11.1. The van der Waals surface area contributed by atoms with Gasteiger partial charge in [0.25, 0.3) is 0 Å². The average molecular weight is 613 g/mol. The molecule has 0 spiro atoms. The third-order valence-electron chi connectivity index (χ3n) is 8.65. The largest absolute Gasteiger partial charge is 0.463 e. The summed E-state index contributed by atoms with van der Waals surface area (Å²) in [4.78, 5) is 50.4. The molecule has 0 saturated carbocycles. The molecule has 3 aliphatic rings. The first-order chi connectivity index (χ1) is 21.9. The molecule has 2 aromatic carbocycles. The van der Waals surface area contributed by atoms with Crippen molar-refractivity contribution >= 4 is 63.2 Å². The van der Waals surface area contributed by atoms with E-state index in [-0.39, 0.29) is 19.1 Å². The summed E-state index contributed by atoms with van der Waals surface area (Å²) in [5, 5.41) is 7.68. The maximum Gasteiger partial charge on any atom is 0.314 e. The number of fused-ring (bicyclic) bond motifs is 10. The number of ether oxygens (including phenoxy) is 2. The van der Waals surface area contributed by atoms with Gasteiger partial charge in [0.1, 0.15) is 18.8 Å². The minimum absolute atomic E-state index is 0.0139. The molecule has 0 radical (unpaired) electrons. The summed E-state index contributed by atoms with van der Waals surface area (Å²) < 4.78 is 16.6. The van der Waals surface area contributed by atoms with Gasteiger partial charge in [-0.3, -0.25) is 19.2 Å². The first-order valence-corrected chi connectivity index (χ1v) is 15.4. The Kier molecular flexibility index (Phi) is 9.08. The van der Waals surface area contributed by atoms with Gasteiger partial charge in [-0.25, -0.2) is 0 Å². The van der Waals surface area contributed by atoms with Gasteiger partial charge in [0.05, 0.1) is 23.1 Å². The van der Waals surface area contributed by atoms with E-state index in [2.05, 4.69) is 32.4 Å². The molecule has 2 aromatic heterocycles. The van der Waals surface area contributed by atoms with E-state index in [0.29, 0.717) is 24.0 Å². The molecule has 10 heteroatoms. The molecule has 236 valence electrons. The lowest BCUT2D eigenvalue weighted by Gasteiger charge is -2.33. The van der Waals surface area contributed by atoms with Gasteiger partial charge in [-0.2, -0.15) is 0 Å². The van der Waals surface area contributed by atoms with Crippen molar-refractivity contribution in [2.75, 3.05) is 27.2 Å². The van der Waals surface area contributed by atoms with Gasteiger partial charge >= 0.3 is 5.97 Å². The molecule has 10 nitrogen and oxygen atoms in total. The van der Waals surface area contributed by atoms with Crippen LogP contribution < -0.4 is 10.6 Å². The Morgan fingerprint density at radius 2 is 1.80 bits per heavy atom. The molecule has 1 saturated heterocycles. The number of para-hydroxylation sites is 1. The van der Waals surface area contributed by atoms with Gasteiger partial charge in [-0.1, -0.05) is 44.7 Å². The minimum atomic E-state index is -1.13. The van der Waals surface area contributed by atoms with Crippen molar-refractivity contribution in [1.29, 1.82) is 0 Å². The number of esters is 1. The van der Waals surface area contributed by atoms with E-state index in [0.717, 1.165) is 69.0 Å². The highest BCUT2D eigenvalue weighted by Gasteiger charge is 2.55. The fraction of sp³-hybridized carbons (Fsp3) is 0.371. The van der Waals surface area contributed by atoms with Gasteiger partial charge in [-0.15, -0.1) is 0 Å². The summed E-state index contributed by atoms with van der Waals surface area (Å²) in [6.07, 6.45) is 8.16. The number of amides is 1. The van der Waals surface area contributed by atoms with Crippen LogP contribution in [0.2, 0.25) is 0 Å². The highest BCUT2D eigenvalue weighted by molar-refractivity contribution is 6.27. The Balaban J connectivity index is 0.000000757. The Labute approximate surface area is 262 Å². The van der Waals surface area contributed by atoms with Crippen LogP contribution in [0.4, 0.5) is 0 Å². The lowest BCUT2D eigenvalue weighted by molar-refractivity contribution is -0.165. The van der Waals surface area contributed by atoms with Crippen LogP contribution in [0.25, 0.3) is 38.8 Å². The van der Waals surface area contributed by atoms with Crippen LogP contribution in [-0.2, 0) is 31.2 Å². The van der Waals surface area contributed by atoms with Crippen LogP contribution in [0.3, 0.4) is 0 Å². The Morgan fingerprint density at radius 1 is 1.11 bits per heavy atom. The number of carbonyl (C=O) groups excluding carboxylic acids is 4. The van der Waals surface area contributed by atoms with Crippen molar-refractivity contribution in [2.24, 2.45) is 5.92 Å².